The number of hydrogen-bond donors (Lipinski definition) is 2. The fourth-order valence-electron chi connectivity index (χ4n) is 0.242. The van der Waals surface area contributed by atoms with Crippen molar-refractivity contribution in [3.63, 3.8) is 0 Å². The molecule has 0 rings (SSSR count). The van der Waals surface area contributed by atoms with E-state index >= 15 is 0 Å². The molecular formula is C2H9N2O3P2+. The van der Waals surface area contributed by atoms with Crippen molar-refractivity contribution in [2.75, 3.05) is 6.61 Å². The molecule has 0 aromatic carbocycles. The van der Waals surface area contributed by atoms with Gasteiger partial charge in [-0.15, -0.1) is 5.50 Å². The van der Waals surface area contributed by atoms with Crippen molar-refractivity contribution in [3.8, 4) is 0 Å². The normalized spacial score (nSPS) is 18.8. The van der Waals surface area contributed by atoms with Crippen LogP contribution in [0.15, 0.2) is 0 Å². The summed E-state index contributed by atoms with van der Waals surface area (Å²) >= 11 is 0. The SMILES string of the molecule is CCOP(N)(=O)[P+](N)=O. The topological polar surface area (TPSA) is 95.4 Å². The van der Waals surface area contributed by atoms with Crippen molar-refractivity contribution in [1.29, 1.82) is 0 Å². The van der Waals surface area contributed by atoms with Crippen LogP contribution in [-0.4, -0.2) is 6.61 Å². The molecule has 0 saturated heterocycles. The first kappa shape index (κ1) is 9.21. The Morgan fingerprint density at radius 1 is 1.78 bits per heavy atom. The maximum atomic E-state index is 10.7. The fraction of sp³-hybridized carbons (Fsp3) is 1.00. The highest BCUT2D eigenvalue weighted by Gasteiger charge is 2.38. The molecule has 9 heavy (non-hydrogen) atoms. The van der Waals surface area contributed by atoms with Gasteiger partial charge >= 0.3 is 14.8 Å². The molecule has 0 aromatic heterocycles. The highest BCUT2D eigenvalue weighted by Crippen LogP contribution is 2.58. The van der Waals surface area contributed by atoms with Crippen molar-refractivity contribution in [2.24, 2.45) is 11.0 Å². The minimum Gasteiger partial charge on any atom is -0.280 e. The average Bonchev–Trinajstić information content (AvgIpc) is 1.65. The fourth-order valence-corrected chi connectivity index (χ4v) is 1.41. The van der Waals surface area contributed by atoms with Crippen molar-refractivity contribution in [1.82, 2.24) is 0 Å². The minimum atomic E-state index is -3.48. The maximum absolute atomic E-state index is 10.7. The molecular weight excluding hydrogens is 162 g/mol. The predicted octanol–water partition coefficient (Wildman–Crippen LogP) is 0.791. The van der Waals surface area contributed by atoms with Crippen LogP contribution < -0.4 is 11.0 Å². The van der Waals surface area contributed by atoms with Crippen LogP contribution in [0.1, 0.15) is 6.92 Å². The molecule has 54 valence electrons. The van der Waals surface area contributed by atoms with E-state index in [1.807, 2.05) is 0 Å². The van der Waals surface area contributed by atoms with Gasteiger partial charge in [-0.25, -0.2) is 10.1 Å². The Hall–Kier alpha value is 0.210. The molecule has 0 aliphatic heterocycles. The van der Waals surface area contributed by atoms with Crippen LogP contribution in [0.25, 0.3) is 0 Å². The van der Waals surface area contributed by atoms with Gasteiger partial charge in [0.2, 0.25) is 0 Å². The second kappa shape index (κ2) is 3.40. The van der Waals surface area contributed by atoms with E-state index in [0.717, 1.165) is 0 Å². The van der Waals surface area contributed by atoms with E-state index in [9.17, 15) is 9.13 Å². The lowest BCUT2D eigenvalue weighted by Crippen LogP contribution is -1.98. The van der Waals surface area contributed by atoms with Gasteiger partial charge in [-0.05, 0) is 11.5 Å². The molecule has 0 amide bonds. The summed E-state index contributed by atoms with van der Waals surface area (Å²) in [5.74, 6) is 0. The number of rotatable bonds is 3. The van der Waals surface area contributed by atoms with E-state index in [1.165, 1.54) is 0 Å². The first-order valence-electron chi connectivity index (χ1n) is 2.26. The van der Waals surface area contributed by atoms with Gasteiger partial charge < -0.3 is 0 Å². The smallest absolute Gasteiger partial charge is 0.280 e. The first-order chi connectivity index (χ1) is 4.00. The Morgan fingerprint density at radius 3 is 2.33 bits per heavy atom. The van der Waals surface area contributed by atoms with Gasteiger partial charge in [-0.2, -0.15) is 0 Å². The zero-order valence-electron chi connectivity index (χ0n) is 4.98. The molecule has 7 heteroatoms. The lowest BCUT2D eigenvalue weighted by Gasteiger charge is -1.95. The van der Waals surface area contributed by atoms with E-state index in [4.69, 9.17) is 11.0 Å². The second-order valence-corrected chi connectivity index (χ2v) is 6.13. The molecule has 0 aromatic rings. The summed E-state index contributed by atoms with van der Waals surface area (Å²) in [5, 5.41) is 0. The van der Waals surface area contributed by atoms with Crippen LogP contribution in [-0.2, 0) is 13.7 Å². The molecule has 0 aliphatic rings. The minimum absolute atomic E-state index is 0.159. The van der Waals surface area contributed by atoms with E-state index in [1.54, 1.807) is 6.92 Å². The van der Waals surface area contributed by atoms with Crippen molar-refractivity contribution >= 4 is 14.8 Å². The van der Waals surface area contributed by atoms with Gasteiger partial charge in [0, 0.05) is 0 Å². The zero-order chi connectivity index (χ0) is 7.49. The summed E-state index contributed by atoms with van der Waals surface area (Å²) in [6.07, 6.45) is 0. The molecule has 0 fully saturated rings. The Labute approximate surface area is 54.0 Å². The predicted molar refractivity (Wildman–Crippen MR) is 35.2 cm³/mol. The highest BCUT2D eigenvalue weighted by molar-refractivity contribution is 8.23. The summed E-state index contributed by atoms with van der Waals surface area (Å²) in [7, 11) is -5.87. The summed E-state index contributed by atoms with van der Waals surface area (Å²) in [4.78, 5) is 0. The Bertz CT molecular complexity index is 158. The van der Waals surface area contributed by atoms with Gasteiger partial charge in [-0.1, -0.05) is 0 Å². The van der Waals surface area contributed by atoms with Crippen molar-refractivity contribution in [2.45, 2.75) is 6.92 Å². The Morgan fingerprint density at radius 2 is 2.22 bits per heavy atom. The summed E-state index contributed by atoms with van der Waals surface area (Å²) in [6, 6.07) is 0. The summed E-state index contributed by atoms with van der Waals surface area (Å²) in [5.41, 5.74) is 9.65. The van der Waals surface area contributed by atoms with Crippen LogP contribution in [0.5, 0.6) is 0 Å². The van der Waals surface area contributed by atoms with E-state index in [2.05, 4.69) is 4.52 Å². The standard InChI is InChI=1S/C2H9N2O3P2/c1-2-7-9(4,6)8(3)5/h2H2,1H3,(H2,3,5)(H2,4,6)/q+1. The number of hydrogen-bond acceptors (Lipinski definition) is 3. The molecule has 0 radical (unpaired) electrons. The van der Waals surface area contributed by atoms with Gasteiger partial charge in [0.25, 0.3) is 0 Å². The molecule has 0 aliphatic carbocycles. The van der Waals surface area contributed by atoms with Crippen LogP contribution in [0.4, 0.5) is 0 Å². The Kier molecular flexibility index (Phi) is 3.48. The molecule has 0 heterocycles. The maximum Gasteiger partial charge on any atom is 0.528 e. The van der Waals surface area contributed by atoms with E-state index in [0.29, 0.717) is 0 Å². The van der Waals surface area contributed by atoms with E-state index in [-0.39, 0.29) is 6.61 Å². The van der Waals surface area contributed by atoms with Gasteiger partial charge in [0.05, 0.1) is 6.61 Å². The third kappa shape index (κ3) is 3.04. The third-order valence-corrected chi connectivity index (χ3v) is 3.76. The molecule has 0 saturated carbocycles. The zero-order valence-corrected chi connectivity index (χ0v) is 6.77. The van der Waals surface area contributed by atoms with E-state index < -0.39 is 14.8 Å². The monoisotopic (exact) mass is 171 g/mol. The largest absolute Gasteiger partial charge is 0.528 e. The van der Waals surface area contributed by atoms with Crippen molar-refractivity contribution in [3.05, 3.63) is 0 Å². The summed E-state index contributed by atoms with van der Waals surface area (Å²) in [6.45, 7) is 1.75. The molecule has 2 unspecified atom stereocenters. The quantitative estimate of drug-likeness (QED) is 0.612. The van der Waals surface area contributed by atoms with Crippen LogP contribution in [0, 0.1) is 0 Å². The molecule has 0 spiro atoms. The first-order valence-corrected chi connectivity index (χ1v) is 5.99. The molecule has 5 nitrogen and oxygen atoms in total. The third-order valence-electron chi connectivity index (χ3n) is 0.589. The molecule has 0 bridgehead atoms. The van der Waals surface area contributed by atoms with Gasteiger partial charge in [0.15, 0.2) is 0 Å². The Balaban J connectivity index is 4.04. The lowest BCUT2D eigenvalue weighted by atomic mass is 10.9. The van der Waals surface area contributed by atoms with Gasteiger partial charge in [0.1, 0.15) is 0 Å². The molecule has 4 N–H and O–H groups in total. The molecule has 2 atom stereocenters. The highest BCUT2D eigenvalue weighted by atomic mass is 32.1. The van der Waals surface area contributed by atoms with Crippen molar-refractivity contribution < 1.29 is 13.7 Å². The van der Waals surface area contributed by atoms with Crippen LogP contribution in [0.2, 0.25) is 0 Å². The second-order valence-electron chi connectivity index (χ2n) is 1.28. The lowest BCUT2D eigenvalue weighted by molar-refractivity contribution is 0.344. The number of nitrogens with two attached hydrogens (primary N) is 2. The van der Waals surface area contributed by atoms with Crippen LogP contribution in [0.3, 0.4) is 0 Å². The van der Waals surface area contributed by atoms with Gasteiger partial charge in [-0.3, -0.25) is 4.52 Å². The van der Waals surface area contributed by atoms with Crippen LogP contribution >= 0.6 is 14.8 Å². The summed E-state index contributed by atoms with van der Waals surface area (Å²) < 4.78 is 25.3. The average molecular weight is 171 g/mol.